The van der Waals surface area contributed by atoms with Gasteiger partial charge in [0.1, 0.15) is 0 Å². The highest BCUT2D eigenvalue weighted by Crippen LogP contribution is 2.40. The van der Waals surface area contributed by atoms with Crippen molar-refractivity contribution < 1.29 is 4.79 Å². The van der Waals surface area contributed by atoms with Crippen LogP contribution in [0, 0.1) is 0 Å². The zero-order valence-corrected chi connectivity index (χ0v) is 10.6. The molecule has 92 valence electrons. The average molecular weight is 251 g/mol. The number of carbonyl (C=O) groups is 1. The fraction of sp³-hybridized carbons (Fsp3) is 0.667. The Balaban J connectivity index is 1.42. The predicted molar refractivity (Wildman–Crippen MR) is 68.4 cm³/mol. The zero-order chi connectivity index (χ0) is 11.7. The standard InChI is InChI=1S/C12H17N3OS/c16-11(5-6-13-9-3-4-9)15-12-14-10(7-17-12)8-1-2-8/h7-9,13H,1-6H2,(H,14,15,16). The molecule has 3 rings (SSSR count). The smallest absolute Gasteiger partial charge is 0.227 e. The second kappa shape index (κ2) is 4.74. The number of amides is 1. The van der Waals surface area contributed by atoms with Gasteiger partial charge in [-0.25, -0.2) is 4.98 Å². The number of hydrogen-bond donors (Lipinski definition) is 2. The van der Waals surface area contributed by atoms with E-state index in [1.54, 1.807) is 0 Å². The summed E-state index contributed by atoms with van der Waals surface area (Å²) in [5.41, 5.74) is 1.15. The van der Waals surface area contributed by atoms with Crippen molar-refractivity contribution in [2.45, 2.75) is 44.1 Å². The number of nitrogens with zero attached hydrogens (tertiary/aromatic N) is 1. The first-order chi connectivity index (χ1) is 8.31. The molecular formula is C12H17N3OS. The molecule has 4 nitrogen and oxygen atoms in total. The van der Waals surface area contributed by atoms with E-state index in [4.69, 9.17) is 0 Å². The molecule has 0 unspecified atom stereocenters. The van der Waals surface area contributed by atoms with Gasteiger partial charge in [-0.2, -0.15) is 0 Å². The van der Waals surface area contributed by atoms with Crippen LogP contribution in [-0.4, -0.2) is 23.5 Å². The summed E-state index contributed by atoms with van der Waals surface area (Å²) in [5, 5.41) is 9.01. The van der Waals surface area contributed by atoms with Crippen LogP contribution in [0.3, 0.4) is 0 Å². The molecule has 2 fully saturated rings. The van der Waals surface area contributed by atoms with E-state index in [1.807, 2.05) is 0 Å². The second-order valence-corrected chi connectivity index (χ2v) is 5.74. The van der Waals surface area contributed by atoms with Crippen LogP contribution in [0.2, 0.25) is 0 Å². The highest BCUT2D eigenvalue weighted by atomic mass is 32.1. The predicted octanol–water partition coefficient (Wildman–Crippen LogP) is 2.10. The van der Waals surface area contributed by atoms with Gasteiger partial charge in [-0.3, -0.25) is 4.79 Å². The molecule has 1 aromatic heterocycles. The van der Waals surface area contributed by atoms with Gasteiger partial charge >= 0.3 is 0 Å². The molecule has 2 aliphatic rings. The van der Waals surface area contributed by atoms with Gasteiger partial charge in [-0.1, -0.05) is 0 Å². The van der Waals surface area contributed by atoms with Gasteiger partial charge in [0.2, 0.25) is 5.91 Å². The Labute approximate surface area is 105 Å². The first kappa shape index (κ1) is 11.2. The third-order valence-electron chi connectivity index (χ3n) is 3.13. The lowest BCUT2D eigenvalue weighted by atomic mass is 10.3. The largest absolute Gasteiger partial charge is 0.313 e. The Hall–Kier alpha value is -0.940. The van der Waals surface area contributed by atoms with Crippen LogP contribution in [0.25, 0.3) is 0 Å². The van der Waals surface area contributed by atoms with Gasteiger partial charge in [0, 0.05) is 30.3 Å². The Morgan fingerprint density at radius 1 is 1.41 bits per heavy atom. The van der Waals surface area contributed by atoms with Crippen molar-refractivity contribution >= 4 is 22.4 Å². The zero-order valence-electron chi connectivity index (χ0n) is 9.74. The SMILES string of the molecule is O=C(CCNC1CC1)Nc1nc(C2CC2)cs1. The summed E-state index contributed by atoms with van der Waals surface area (Å²) in [7, 11) is 0. The number of carbonyl (C=O) groups excluding carboxylic acids is 1. The molecule has 0 saturated heterocycles. The lowest BCUT2D eigenvalue weighted by molar-refractivity contribution is -0.116. The van der Waals surface area contributed by atoms with Gasteiger partial charge in [0.15, 0.2) is 5.13 Å². The van der Waals surface area contributed by atoms with E-state index in [0.29, 0.717) is 18.4 Å². The summed E-state index contributed by atoms with van der Waals surface area (Å²) in [5.74, 6) is 0.725. The van der Waals surface area contributed by atoms with Crippen LogP contribution in [0.4, 0.5) is 5.13 Å². The number of anilines is 1. The molecule has 2 aliphatic carbocycles. The number of rotatable bonds is 6. The highest BCUT2D eigenvalue weighted by molar-refractivity contribution is 7.13. The summed E-state index contributed by atoms with van der Waals surface area (Å²) in [6.45, 7) is 0.775. The topological polar surface area (TPSA) is 54.0 Å². The molecule has 0 atom stereocenters. The van der Waals surface area contributed by atoms with Gasteiger partial charge < -0.3 is 10.6 Å². The number of hydrogen-bond acceptors (Lipinski definition) is 4. The lowest BCUT2D eigenvalue weighted by Crippen LogP contribution is -2.23. The highest BCUT2D eigenvalue weighted by Gasteiger charge is 2.26. The Morgan fingerprint density at radius 2 is 2.24 bits per heavy atom. The first-order valence-corrected chi connectivity index (χ1v) is 7.18. The molecule has 0 radical (unpaired) electrons. The first-order valence-electron chi connectivity index (χ1n) is 6.30. The van der Waals surface area contributed by atoms with Crippen molar-refractivity contribution in [1.29, 1.82) is 0 Å². The van der Waals surface area contributed by atoms with Gasteiger partial charge in [-0.05, 0) is 25.7 Å². The Bertz CT molecular complexity index is 410. The molecule has 1 aromatic rings. The van der Waals surface area contributed by atoms with Crippen LogP contribution in [-0.2, 0) is 4.79 Å². The average Bonchev–Trinajstić information content (AvgIpc) is 3.20. The van der Waals surface area contributed by atoms with Crippen LogP contribution in [0.1, 0.15) is 43.7 Å². The quantitative estimate of drug-likeness (QED) is 0.814. The molecule has 5 heteroatoms. The van der Waals surface area contributed by atoms with E-state index in [1.165, 1.54) is 37.0 Å². The molecule has 1 heterocycles. The van der Waals surface area contributed by atoms with E-state index < -0.39 is 0 Å². The molecule has 2 N–H and O–H groups in total. The molecule has 0 spiro atoms. The third-order valence-corrected chi connectivity index (χ3v) is 3.90. The number of nitrogens with one attached hydrogen (secondary N) is 2. The van der Waals surface area contributed by atoms with Crippen molar-refractivity contribution in [3.8, 4) is 0 Å². The van der Waals surface area contributed by atoms with Crippen molar-refractivity contribution in [3.63, 3.8) is 0 Å². The maximum atomic E-state index is 11.6. The number of thiazole rings is 1. The minimum Gasteiger partial charge on any atom is -0.313 e. The van der Waals surface area contributed by atoms with Crippen LogP contribution >= 0.6 is 11.3 Å². The van der Waals surface area contributed by atoms with Crippen molar-refractivity contribution in [3.05, 3.63) is 11.1 Å². The fourth-order valence-electron chi connectivity index (χ4n) is 1.77. The lowest BCUT2D eigenvalue weighted by Gasteiger charge is -2.02. The van der Waals surface area contributed by atoms with Gasteiger partial charge in [0.05, 0.1) is 5.69 Å². The summed E-state index contributed by atoms with van der Waals surface area (Å²) < 4.78 is 0. The van der Waals surface area contributed by atoms with Crippen LogP contribution < -0.4 is 10.6 Å². The number of aromatic nitrogens is 1. The molecule has 1 amide bonds. The molecule has 17 heavy (non-hydrogen) atoms. The second-order valence-electron chi connectivity index (χ2n) is 4.88. The van der Waals surface area contributed by atoms with E-state index in [9.17, 15) is 4.79 Å². The molecule has 0 aliphatic heterocycles. The van der Waals surface area contributed by atoms with Crippen molar-refractivity contribution in [2.75, 3.05) is 11.9 Å². The minimum atomic E-state index is 0.0647. The fourth-order valence-corrected chi connectivity index (χ4v) is 2.58. The Morgan fingerprint density at radius 3 is 2.94 bits per heavy atom. The van der Waals surface area contributed by atoms with E-state index in [-0.39, 0.29) is 5.91 Å². The van der Waals surface area contributed by atoms with E-state index >= 15 is 0 Å². The van der Waals surface area contributed by atoms with Gasteiger partial charge in [0.25, 0.3) is 0 Å². The molecular weight excluding hydrogens is 234 g/mol. The van der Waals surface area contributed by atoms with E-state index in [0.717, 1.165) is 17.4 Å². The normalized spacial score (nSPS) is 19.3. The Kier molecular flexibility index (Phi) is 3.11. The van der Waals surface area contributed by atoms with Gasteiger partial charge in [-0.15, -0.1) is 11.3 Å². The summed E-state index contributed by atoms with van der Waals surface area (Å²) >= 11 is 1.53. The monoisotopic (exact) mass is 251 g/mol. The minimum absolute atomic E-state index is 0.0647. The summed E-state index contributed by atoms with van der Waals surface area (Å²) in [4.78, 5) is 16.1. The third kappa shape index (κ3) is 3.26. The van der Waals surface area contributed by atoms with Crippen LogP contribution in [0.5, 0.6) is 0 Å². The maximum absolute atomic E-state index is 11.6. The molecule has 0 bridgehead atoms. The molecule has 2 saturated carbocycles. The van der Waals surface area contributed by atoms with Crippen molar-refractivity contribution in [2.24, 2.45) is 0 Å². The van der Waals surface area contributed by atoms with E-state index in [2.05, 4.69) is 21.0 Å². The maximum Gasteiger partial charge on any atom is 0.227 e. The summed E-state index contributed by atoms with van der Waals surface area (Å²) in [6, 6.07) is 0.670. The van der Waals surface area contributed by atoms with Crippen molar-refractivity contribution in [1.82, 2.24) is 10.3 Å². The molecule has 0 aromatic carbocycles. The summed E-state index contributed by atoms with van der Waals surface area (Å²) in [6.07, 6.45) is 5.57. The van der Waals surface area contributed by atoms with Crippen LogP contribution in [0.15, 0.2) is 5.38 Å².